The minimum atomic E-state index is -0.787. The maximum absolute atomic E-state index is 13.1. The van der Waals surface area contributed by atoms with Crippen molar-refractivity contribution in [1.82, 2.24) is 9.97 Å². The fourth-order valence-electron chi connectivity index (χ4n) is 0.906. The van der Waals surface area contributed by atoms with Gasteiger partial charge in [0.1, 0.15) is 0 Å². The largest absolute Gasteiger partial charge is 0.311 e. The molecule has 0 fully saturated rings. The quantitative estimate of drug-likeness (QED) is 0.636. The molecule has 66 valence electrons. The number of aromatic amines is 1. The summed E-state index contributed by atoms with van der Waals surface area (Å²) in [6.07, 6.45) is 1.21. The van der Waals surface area contributed by atoms with Crippen LogP contribution in [0, 0.1) is 5.82 Å². The molecule has 3 nitrogen and oxygen atoms in total. The number of nitrogens with one attached hydrogen (secondary N) is 1. The highest BCUT2D eigenvalue weighted by Crippen LogP contribution is 2.19. The fraction of sp³-hybridized carbons (Fsp3) is 0.500. The van der Waals surface area contributed by atoms with Crippen LogP contribution >= 0.6 is 0 Å². The normalized spacial score (nSPS) is 11.7. The molecule has 12 heavy (non-hydrogen) atoms. The molecule has 0 aliphatic rings. The Morgan fingerprint density at radius 2 is 2.08 bits per heavy atom. The molecule has 1 N–H and O–H groups in total. The molecule has 1 heterocycles. The molecular formula is C8H11FN2O. The van der Waals surface area contributed by atoms with E-state index in [2.05, 4.69) is 9.97 Å². The second-order valence-corrected chi connectivity index (χ2v) is 3.64. The van der Waals surface area contributed by atoms with Gasteiger partial charge >= 0.3 is 0 Å². The highest BCUT2D eigenvalue weighted by Gasteiger charge is 2.21. The molecule has 0 spiro atoms. The summed E-state index contributed by atoms with van der Waals surface area (Å²) in [5, 5.41) is 0. The molecule has 0 bridgehead atoms. The van der Waals surface area contributed by atoms with Gasteiger partial charge in [0, 0.05) is 5.41 Å². The van der Waals surface area contributed by atoms with Crippen molar-refractivity contribution in [3.05, 3.63) is 28.2 Å². The predicted molar refractivity (Wildman–Crippen MR) is 43.5 cm³/mol. The fourth-order valence-corrected chi connectivity index (χ4v) is 0.906. The smallest absolute Gasteiger partial charge is 0.287 e. The van der Waals surface area contributed by atoms with Crippen LogP contribution in [0.25, 0.3) is 0 Å². The lowest BCUT2D eigenvalue weighted by molar-refractivity contribution is 0.491. The highest BCUT2D eigenvalue weighted by atomic mass is 19.1. The zero-order valence-electron chi connectivity index (χ0n) is 7.31. The van der Waals surface area contributed by atoms with Crippen molar-refractivity contribution >= 4 is 0 Å². The molecule has 4 heteroatoms. The zero-order chi connectivity index (χ0) is 9.35. The van der Waals surface area contributed by atoms with Gasteiger partial charge in [-0.1, -0.05) is 20.8 Å². The molecule has 0 saturated carbocycles. The molecule has 0 aliphatic carbocycles. The van der Waals surface area contributed by atoms with Gasteiger partial charge in [-0.05, 0) is 0 Å². The third-order valence-electron chi connectivity index (χ3n) is 1.51. The minimum absolute atomic E-state index is 0.200. The molecule has 0 aromatic carbocycles. The van der Waals surface area contributed by atoms with Crippen LogP contribution < -0.4 is 5.56 Å². The number of hydrogen-bond donors (Lipinski definition) is 1. The summed E-state index contributed by atoms with van der Waals surface area (Å²) < 4.78 is 13.1. The van der Waals surface area contributed by atoms with E-state index >= 15 is 0 Å². The van der Waals surface area contributed by atoms with Crippen LogP contribution in [0.4, 0.5) is 4.39 Å². The summed E-state index contributed by atoms with van der Waals surface area (Å²) >= 11 is 0. The SMILES string of the molecule is CC(C)(C)c1nc[nH]c(=O)c1F. The summed E-state index contributed by atoms with van der Waals surface area (Å²) in [7, 11) is 0. The lowest BCUT2D eigenvalue weighted by Crippen LogP contribution is -2.23. The van der Waals surface area contributed by atoms with E-state index in [9.17, 15) is 9.18 Å². The van der Waals surface area contributed by atoms with Crippen molar-refractivity contribution in [2.45, 2.75) is 26.2 Å². The Hall–Kier alpha value is -1.19. The van der Waals surface area contributed by atoms with Crippen LogP contribution in [0.1, 0.15) is 26.5 Å². The van der Waals surface area contributed by atoms with Crippen LogP contribution in [-0.4, -0.2) is 9.97 Å². The van der Waals surface area contributed by atoms with E-state index in [-0.39, 0.29) is 5.69 Å². The van der Waals surface area contributed by atoms with E-state index in [0.717, 1.165) is 0 Å². The van der Waals surface area contributed by atoms with Crippen molar-refractivity contribution in [2.75, 3.05) is 0 Å². The van der Waals surface area contributed by atoms with E-state index in [4.69, 9.17) is 0 Å². The van der Waals surface area contributed by atoms with Gasteiger partial charge in [-0.15, -0.1) is 0 Å². The summed E-state index contributed by atoms with van der Waals surface area (Å²) in [6, 6.07) is 0. The van der Waals surface area contributed by atoms with Gasteiger partial charge < -0.3 is 4.98 Å². The Kier molecular flexibility index (Phi) is 2.00. The first-order chi connectivity index (χ1) is 5.43. The molecule has 0 aliphatic heterocycles. The maximum atomic E-state index is 13.1. The summed E-state index contributed by atoms with van der Waals surface area (Å²) in [6.45, 7) is 5.41. The first kappa shape index (κ1) is 8.90. The lowest BCUT2D eigenvalue weighted by atomic mass is 9.92. The first-order valence-corrected chi connectivity index (χ1v) is 3.66. The van der Waals surface area contributed by atoms with E-state index in [1.54, 1.807) is 20.8 Å². The highest BCUT2D eigenvalue weighted by molar-refractivity contribution is 5.12. The van der Waals surface area contributed by atoms with Gasteiger partial charge in [-0.2, -0.15) is 4.39 Å². The number of aromatic nitrogens is 2. The summed E-state index contributed by atoms with van der Waals surface area (Å²) in [4.78, 5) is 16.8. The predicted octanol–water partition coefficient (Wildman–Crippen LogP) is 1.21. The second-order valence-electron chi connectivity index (χ2n) is 3.64. The summed E-state index contributed by atoms with van der Waals surface area (Å²) in [5.74, 6) is -0.787. The van der Waals surface area contributed by atoms with E-state index in [1.807, 2.05) is 0 Å². The Morgan fingerprint density at radius 3 is 2.50 bits per heavy atom. The molecule has 0 amide bonds. The van der Waals surface area contributed by atoms with Gasteiger partial charge in [0.25, 0.3) is 5.56 Å². The van der Waals surface area contributed by atoms with E-state index in [1.165, 1.54) is 6.33 Å². The Bertz CT molecular complexity index is 338. The standard InChI is InChI=1S/C8H11FN2O/c1-8(2,3)6-5(9)7(12)11-4-10-6/h4H,1-3H3,(H,10,11,12). The Morgan fingerprint density at radius 1 is 1.50 bits per heavy atom. The Labute approximate surface area is 69.7 Å². The number of rotatable bonds is 0. The lowest BCUT2D eigenvalue weighted by Gasteiger charge is -2.16. The third-order valence-corrected chi connectivity index (χ3v) is 1.51. The van der Waals surface area contributed by atoms with Crippen molar-refractivity contribution in [1.29, 1.82) is 0 Å². The van der Waals surface area contributed by atoms with Crippen molar-refractivity contribution in [3.63, 3.8) is 0 Å². The molecule has 0 unspecified atom stereocenters. The van der Waals surface area contributed by atoms with Gasteiger partial charge in [0.15, 0.2) is 0 Å². The number of halogens is 1. The second kappa shape index (κ2) is 2.69. The Balaban J connectivity index is 3.36. The van der Waals surface area contributed by atoms with Crippen LogP contribution in [0.3, 0.4) is 0 Å². The van der Waals surface area contributed by atoms with Gasteiger partial charge in [-0.25, -0.2) is 4.98 Å². The third kappa shape index (κ3) is 1.52. The topological polar surface area (TPSA) is 45.8 Å². The van der Waals surface area contributed by atoms with Gasteiger partial charge in [-0.3, -0.25) is 4.79 Å². The van der Waals surface area contributed by atoms with E-state index < -0.39 is 16.8 Å². The van der Waals surface area contributed by atoms with Crippen LogP contribution in [-0.2, 0) is 5.41 Å². The average Bonchev–Trinajstić information content (AvgIpc) is 1.92. The van der Waals surface area contributed by atoms with Crippen LogP contribution in [0.2, 0.25) is 0 Å². The number of hydrogen-bond acceptors (Lipinski definition) is 2. The first-order valence-electron chi connectivity index (χ1n) is 3.66. The number of H-pyrrole nitrogens is 1. The van der Waals surface area contributed by atoms with Gasteiger partial charge in [0.05, 0.1) is 12.0 Å². The molecule has 1 aromatic rings. The summed E-state index contributed by atoms with van der Waals surface area (Å²) in [5.41, 5.74) is -0.945. The zero-order valence-corrected chi connectivity index (χ0v) is 7.31. The molecular weight excluding hydrogens is 159 g/mol. The molecule has 0 atom stereocenters. The maximum Gasteiger partial charge on any atom is 0.287 e. The molecule has 1 rings (SSSR count). The van der Waals surface area contributed by atoms with Crippen LogP contribution in [0.5, 0.6) is 0 Å². The molecule has 0 radical (unpaired) electrons. The monoisotopic (exact) mass is 170 g/mol. The van der Waals surface area contributed by atoms with Crippen molar-refractivity contribution in [2.24, 2.45) is 0 Å². The number of nitrogens with zero attached hydrogens (tertiary/aromatic N) is 1. The molecule has 0 saturated heterocycles. The van der Waals surface area contributed by atoms with Crippen LogP contribution in [0.15, 0.2) is 11.1 Å². The van der Waals surface area contributed by atoms with Gasteiger partial charge in [0.2, 0.25) is 5.82 Å². The van der Waals surface area contributed by atoms with Crippen molar-refractivity contribution < 1.29 is 4.39 Å². The van der Waals surface area contributed by atoms with Crippen molar-refractivity contribution in [3.8, 4) is 0 Å². The average molecular weight is 170 g/mol. The minimum Gasteiger partial charge on any atom is -0.311 e. The molecule has 1 aromatic heterocycles. The van der Waals surface area contributed by atoms with E-state index in [0.29, 0.717) is 0 Å².